The summed E-state index contributed by atoms with van der Waals surface area (Å²) in [5.74, 6) is 0.615. The number of pyridine rings is 1. The molecule has 2 N–H and O–H groups in total. The smallest absolute Gasteiger partial charge is 0.212 e. The zero-order valence-electron chi connectivity index (χ0n) is 10.2. The number of aliphatic hydroxyl groups is 1. The minimum Gasteiger partial charge on any atom is -0.481 e. The number of nitrogens with one attached hydrogen (secondary N) is 1. The van der Waals surface area contributed by atoms with E-state index in [9.17, 15) is 5.11 Å². The van der Waals surface area contributed by atoms with E-state index >= 15 is 0 Å². The Kier molecular flexibility index (Phi) is 4.71. The summed E-state index contributed by atoms with van der Waals surface area (Å²) < 4.78 is 4.97. The third kappa shape index (κ3) is 4.16. The normalized spacial score (nSPS) is 14.5. The number of methoxy groups -OCH3 is 1. The summed E-state index contributed by atoms with van der Waals surface area (Å²) in [6.07, 6.45) is 2.51. The minimum absolute atomic E-state index is 0.579. The van der Waals surface area contributed by atoms with Crippen molar-refractivity contribution in [2.75, 3.05) is 13.7 Å². The maximum atomic E-state index is 9.79. The van der Waals surface area contributed by atoms with Crippen LogP contribution in [0.2, 0.25) is 0 Å². The highest BCUT2D eigenvalue weighted by Gasteiger charge is 2.16. The van der Waals surface area contributed by atoms with Crippen LogP contribution in [0.4, 0.5) is 0 Å². The number of aromatic nitrogens is 1. The second kappa shape index (κ2) is 5.82. The van der Waals surface area contributed by atoms with Gasteiger partial charge in [0, 0.05) is 25.4 Å². The van der Waals surface area contributed by atoms with Gasteiger partial charge in [0.15, 0.2) is 0 Å². The first-order valence-corrected chi connectivity index (χ1v) is 5.49. The van der Waals surface area contributed by atoms with Crippen LogP contribution in [0.25, 0.3) is 0 Å². The van der Waals surface area contributed by atoms with Crippen molar-refractivity contribution in [2.45, 2.75) is 32.4 Å². The summed E-state index contributed by atoms with van der Waals surface area (Å²) in [4.78, 5) is 4.11. The van der Waals surface area contributed by atoms with Gasteiger partial charge in [-0.3, -0.25) is 0 Å². The Morgan fingerprint density at radius 2 is 2.25 bits per heavy atom. The van der Waals surface area contributed by atoms with Crippen molar-refractivity contribution in [3.8, 4) is 5.88 Å². The third-order valence-electron chi connectivity index (χ3n) is 2.60. The second-order valence-electron chi connectivity index (χ2n) is 4.16. The zero-order valence-corrected chi connectivity index (χ0v) is 10.2. The van der Waals surface area contributed by atoms with E-state index in [1.165, 1.54) is 0 Å². The lowest BCUT2D eigenvalue weighted by Crippen LogP contribution is -2.36. The number of ether oxygens (including phenoxy) is 1. The van der Waals surface area contributed by atoms with Crippen LogP contribution in [0.1, 0.15) is 25.8 Å². The molecule has 0 aliphatic rings. The summed E-state index contributed by atoms with van der Waals surface area (Å²) in [5.41, 5.74) is 0.438. The molecule has 0 aliphatic heterocycles. The highest BCUT2D eigenvalue weighted by atomic mass is 16.5. The molecule has 90 valence electrons. The standard InChI is InChI=1S/C12H20N2O2/c1-4-12(2,15)9-13-7-10-5-6-11(16-3)14-8-10/h5-6,8,13,15H,4,7,9H2,1-3H3. The average Bonchev–Trinajstić information content (AvgIpc) is 2.30. The molecule has 0 radical (unpaired) electrons. The predicted octanol–water partition coefficient (Wildman–Crippen LogP) is 1.34. The lowest BCUT2D eigenvalue weighted by atomic mass is 10.0. The van der Waals surface area contributed by atoms with Crippen LogP contribution in [0.15, 0.2) is 18.3 Å². The van der Waals surface area contributed by atoms with Crippen molar-refractivity contribution in [2.24, 2.45) is 0 Å². The Morgan fingerprint density at radius 1 is 1.50 bits per heavy atom. The summed E-state index contributed by atoms with van der Waals surface area (Å²) in [6, 6.07) is 3.79. The fourth-order valence-electron chi connectivity index (χ4n) is 1.24. The summed E-state index contributed by atoms with van der Waals surface area (Å²) >= 11 is 0. The molecule has 0 saturated carbocycles. The maximum absolute atomic E-state index is 9.79. The summed E-state index contributed by atoms with van der Waals surface area (Å²) in [6.45, 7) is 5.07. The van der Waals surface area contributed by atoms with Crippen molar-refractivity contribution in [3.05, 3.63) is 23.9 Å². The summed E-state index contributed by atoms with van der Waals surface area (Å²) in [5, 5.41) is 13.0. The molecule has 0 aliphatic carbocycles. The Morgan fingerprint density at radius 3 is 2.75 bits per heavy atom. The average molecular weight is 224 g/mol. The molecule has 1 atom stereocenters. The quantitative estimate of drug-likeness (QED) is 0.765. The Bertz CT molecular complexity index is 309. The first-order valence-electron chi connectivity index (χ1n) is 5.49. The van der Waals surface area contributed by atoms with Crippen LogP contribution < -0.4 is 10.1 Å². The van der Waals surface area contributed by atoms with Crippen molar-refractivity contribution in [1.29, 1.82) is 0 Å². The molecule has 1 heterocycles. The van der Waals surface area contributed by atoms with E-state index in [2.05, 4.69) is 10.3 Å². The van der Waals surface area contributed by atoms with Gasteiger partial charge in [-0.25, -0.2) is 4.98 Å². The van der Waals surface area contributed by atoms with Crippen LogP contribution in [-0.2, 0) is 6.54 Å². The molecule has 0 fully saturated rings. The maximum Gasteiger partial charge on any atom is 0.212 e. The van der Waals surface area contributed by atoms with E-state index in [0.29, 0.717) is 19.0 Å². The number of hydrogen-bond donors (Lipinski definition) is 2. The summed E-state index contributed by atoms with van der Waals surface area (Å²) in [7, 11) is 1.60. The molecule has 0 aromatic carbocycles. The highest BCUT2D eigenvalue weighted by molar-refractivity contribution is 5.17. The highest BCUT2D eigenvalue weighted by Crippen LogP contribution is 2.08. The lowest BCUT2D eigenvalue weighted by molar-refractivity contribution is 0.0555. The first kappa shape index (κ1) is 12.9. The molecule has 1 aromatic heterocycles. The van der Waals surface area contributed by atoms with Crippen molar-refractivity contribution in [1.82, 2.24) is 10.3 Å². The fraction of sp³-hybridized carbons (Fsp3) is 0.583. The van der Waals surface area contributed by atoms with Crippen molar-refractivity contribution >= 4 is 0 Å². The fourth-order valence-corrected chi connectivity index (χ4v) is 1.24. The Labute approximate surface area is 96.7 Å². The van der Waals surface area contributed by atoms with Crippen LogP contribution in [0.3, 0.4) is 0 Å². The molecule has 0 amide bonds. The van der Waals surface area contributed by atoms with Gasteiger partial charge in [0.25, 0.3) is 0 Å². The van der Waals surface area contributed by atoms with Crippen molar-refractivity contribution in [3.63, 3.8) is 0 Å². The molecule has 0 saturated heterocycles. The van der Waals surface area contributed by atoms with E-state index < -0.39 is 5.60 Å². The zero-order chi connectivity index (χ0) is 12.0. The van der Waals surface area contributed by atoms with Gasteiger partial charge in [-0.05, 0) is 18.9 Å². The van der Waals surface area contributed by atoms with Crippen LogP contribution in [0, 0.1) is 0 Å². The second-order valence-corrected chi connectivity index (χ2v) is 4.16. The minimum atomic E-state index is -0.639. The van der Waals surface area contributed by atoms with Crippen LogP contribution in [-0.4, -0.2) is 29.3 Å². The van der Waals surface area contributed by atoms with Gasteiger partial charge in [0.05, 0.1) is 12.7 Å². The van der Waals surface area contributed by atoms with E-state index in [1.807, 2.05) is 26.0 Å². The number of rotatable bonds is 6. The van der Waals surface area contributed by atoms with Gasteiger partial charge < -0.3 is 15.2 Å². The number of nitrogens with zero attached hydrogens (tertiary/aromatic N) is 1. The molecule has 0 bridgehead atoms. The molecule has 1 rings (SSSR count). The van der Waals surface area contributed by atoms with Gasteiger partial charge in [-0.2, -0.15) is 0 Å². The van der Waals surface area contributed by atoms with Gasteiger partial charge in [0.1, 0.15) is 0 Å². The Balaban J connectivity index is 2.37. The van der Waals surface area contributed by atoms with Gasteiger partial charge >= 0.3 is 0 Å². The largest absolute Gasteiger partial charge is 0.481 e. The molecule has 4 heteroatoms. The van der Waals surface area contributed by atoms with Gasteiger partial charge in [0.2, 0.25) is 5.88 Å². The molecule has 16 heavy (non-hydrogen) atoms. The topological polar surface area (TPSA) is 54.4 Å². The molecule has 1 unspecified atom stereocenters. The lowest BCUT2D eigenvalue weighted by Gasteiger charge is -2.21. The van der Waals surface area contributed by atoms with Gasteiger partial charge in [-0.1, -0.05) is 13.0 Å². The molecule has 4 nitrogen and oxygen atoms in total. The molecular formula is C12H20N2O2. The first-order chi connectivity index (χ1) is 7.57. The van der Waals surface area contributed by atoms with Gasteiger partial charge in [-0.15, -0.1) is 0 Å². The predicted molar refractivity (Wildman–Crippen MR) is 63.4 cm³/mol. The van der Waals surface area contributed by atoms with E-state index in [0.717, 1.165) is 12.0 Å². The number of hydrogen-bond acceptors (Lipinski definition) is 4. The SMILES string of the molecule is CCC(C)(O)CNCc1ccc(OC)nc1. The van der Waals surface area contributed by atoms with Crippen LogP contribution in [0.5, 0.6) is 5.88 Å². The van der Waals surface area contributed by atoms with Crippen molar-refractivity contribution < 1.29 is 9.84 Å². The molecular weight excluding hydrogens is 204 g/mol. The van der Waals surface area contributed by atoms with E-state index in [1.54, 1.807) is 13.3 Å². The Hall–Kier alpha value is -1.13. The van der Waals surface area contributed by atoms with Crippen LogP contribution >= 0.6 is 0 Å². The van der Waals surface area contributed by atoms with E-state index in [4.69, 9.17) is 4.74 Å². The monoisotopic (exact) mass is 224 g/mol. The van der Waals surface area contributed by atoms with E-state index in [-0.39, 0.29) is 0 Å². The molecule has 1 aromatic rings. The molecule has 0 spiro atoms. The third-order valence-corrected chi connectivity index (χ3v) is 2.60.